The van der Waals surface area contributed by atoms with Crippen molar-refractivity contribution in [2.24, 2.45) is 0 Å². The van der Waals surface area contributed by atoms with Gasteiger partial charge in [-0.1, -0.05) is 24.3 Å². The van der Waals surface area contributed by atoms with Crippen molar-refractivity contribution in [1.82, 2.24) is 20.3 Å². The Morgan fingerprint density at radius 2 is 2.00 bits per heavy atom. The van der Waals surface area contributed by atoms with Crippen LogP contribution in [0.5, 0.6) is 0 Å². The lowest BCUT2D eigenvalue weighted by Crippen LogP contribution is -2.45. The molecule has 1 aliphatic carbocycles. The summed E-state index contributed by atoms with van der Waals surface area (Å²) in [5, 5.41) is 6.29. The molecule has 1 aromatic carbocycles. The third kappa shape index (κ3) is 3.71. The lowest BCUT2D eigenvalue weighted by Gasteiger charge is -2.33. The molecular formula is C22H23N5O. The number of nitrogens with zero attached hydrogens (tertiary/aromatic N) is 3. The largest absolute Gasteiger partial charge is 0.351 e. The van der Waals surface area contributed by atoms with Crippen LogP contribution in [0.1, 0.15) is 36.6 Å². The molecule has 6 heteroatoms. The predicted octanol–water partition coefficient (Wildman–Crippen LogP) is 3.53. The number of anilines is 2. The first-order valence-electron chi connectivity index (χ1n) is 9.51. The number of benzene rings is 1. The van der Waals surface area contributed by atoms with Crippen molar-refractivity contribution in [3.05, 3.63) is 77.9 Å². The van der Waals surface area contributed by atoms with Crippen molar-refractivity contribution >= 4 is 17.5 Å². The van der Waals surface area contributed by atoms with Gasteiger partial charge in [-0.25, -0.2) is 9.97 Å². The van der Waals surface area contributed by atoms with E-state index in [1.807, 2.05) is 55.6 Å². The summed E-state index contributed by atoms with van der Waals surface area (Å²) in [4.78, 5) is 26.4. The van der Waals surface area contributed by atoms with Crippen molar-refractivity contribution in [3.8, 4) is 0 Å². The maximum Gasteiger partial charge on any atom is 0.232 e. The van der Waals surface area contributed by atoms with Crippen LogP contribution < -0.4 is 10.6 Å². The second-order valence-corrected chi connectivity index (χ2v) is 7.29. The van der Waals surface area contributed by atoms with E-state index in [-0.39, 0.29) is 5.91 Å². The Labute approximate surface area is 164 Å². The van der Waals surface area contributed by atoms with Gasteiger partial charge in [-0.3, -0.25) is 9.78 Å². The van der Waals surface area contributed by atoms with Crippen LogP contribution in [0.4, 0.5) is 11.6 Å². The number of amides is 1. The van der Waals surface area contributed by atoms with Gasteiger partial charge in [0.15, 0.2) is 0 Å². The fraction of sp³-hybridized carbons (Fsp3) is 0.273. The molecule has 0 radical (unpaired) electrons. The fourth-order valence-corrected chi connectivity index (χ4v) is 3.63. The zero-order valence-corrected chi connectivity index (χ0v) is 15.9. The number of nitrogens with one attached hydrogen (secondary N) is 2. The van der Waals surface area contributed by atoms with Gasteiger partial charge in [0.25, 0.3) is 0 Å². The van der Waals surface area contributed by atoms with Crippen LogP contribution in [-0.2, 0) is 23.2 Å². The van der Waals surface area contributed by atoms with Crippen molar-refractivity contribution in [2.75, 3.05) is 5.32 Å². The summed E-state index contributed by atoms with van der Waals surface area (Å²) in [5.41, 5.74) is 3.08. The highest BCUT2D eigenvalue weighted by Gasteiger charge is 2.40. The smallest absolute Gasteiger partial charge is 0.232 e. The summed E-state index contributed by atoms with van der Waals surface area (Å²) in [7, 11) is 0. The van der Waals surface area contributed by atoms with Crippen molar-refractivity contribution in [3.63, 3.8) is 0 Å². The van der Waals surface area contributed by atoms with Crippen LogP contribution in [-0.4, -0.2) is 20.9 Å². The number of rotatable bonds is 5. The zero-order chi connectivity index (χ0) is 19.4. The molecule has 0 saturated heterocycles. The quantitative estimate of drug-likeness (QED) is 0.715. The SMILES string of the molecule is CC1(C(=O)NCc2cccnc2)CCCc2cnc(Nc3ccccc3)nc21. The van der Waals surface area contributed by atoms with E-state index in [1.165, 1.54) is 0 Å². The standard InChI is InChI=1S/C22H23N5O/c1-22(20(28)24-14-16-7-6-12-23-13-16)11-5-8-17-15-25-21(27-19(17)22)26-18-9-3-2-4-10-18/h2-4,6-7,9-10,12-13,15H,5,8,11,14H2,1H3,(H,24,28)(H,25,26,27). The minimum absolute atomic E-state index is 0.0123. The third-order valence-corrected chi connectivity index (χ3v) is 5.22. The maximum absolute atomic E-state index is 13.1. The molecule has 1 unspecified atom stereocenters. The van der Waals surface area contributed by atoms with Gasteiger partial charge in [-0.05, 0) is 55.5 Å². The van der Waals surface area contributed by atoms with Gasteiger partial charge in [0.2, 0.25) is 11.9 Å². The molecule has 2 aromatic heterocycles. The number of carbonyl (C=O) groups is 1. The molecule has 2 heterocycles. The lowest BCUT2D eigenvalue weighted by molar-refractivity contribution is -0.127. The normalized spacial score (nSPS) is 18.2. The van der Waals surface area contributed by atoms with Crippen LogP contribution in [0.2, 0.25) is 0 Å². The second-order valence-electron chi connectivity index (χ2n) is 7.29. The monoisotopic (exact) mass is 373 g/mol. The van der Waals surface area contributed by atoms with Crippen LogP contribution in [0.15, 0.2) is 61.1 Å². The maximum atomic E-state index is 13.1. The molecular weight excluding hydrogens is 350 g/mol. The molecule has 142 valence electrons. The third-order valence-electron chi connectivity index (χ3n) is 5.22. The van der Waals surface area contributed by atoms with E-state index in [2.05, 4.69) is 20.6 Å². The molecule has 6 nitrogen and oxygen atoms in total. The van der Waals surface area contributed by atoms with Gasteiger partial charge in [-0.2, -0.15) is 0 Å². The molecule has 0 aliphatic heterocycles. The molecule has 28 heavy (non-hydrogen) atoms. The van der Waals surface area contributed by atoms with Gasteiger partial charge < -0.3 is 10.6 Å². The van der Waals surface area contributed by atoms with E-state index in [9.17, 15) is 4.79 Å². The van der Waals surface area contributed by atoms with E-state index in [4.69, 9.17) is 4.98 Å². The van der Waals surface area contributed by atoms with Crippen LogP contribution in [0, 0.1) is 0 Å². The van der Waals surface area contributed by atoms with Gasteiger partial charge in [0, 0.05) is 30.8 Å². The number of hydrogen-bond donors (Lipinski definition) is 2. The summed E-state index contributed by atoms with van der Waals surface area (Å²) in [5.74, 6) is 0.500. The van der Waals surface area contributed by atoms with Crippen molar-refractivity contribution in [2.45, 2.75) is 38.1 Å². The Bertz CT molecular complexity index is 961. The van der Waals surface area contributed by atoms with Gasteiger partial charge in [0.1, 0.15) is 0 Å². The van der Waals surface area contributed by atoms with Gasteiger partial charge >= 0.3 is 0 Å². The Hall–Kier alpha value is -3.28. The number of aromatic nitrogens is 3. The summed E-state index contributed by atoms with van der Waals surface area (Å²) < 4.78 is 0. The summed E-state index contributed by atoms with van der Waals surface area (Å²) in [6.45, 7) is 2.43. The topological polar surface area (TPSA) is 79.8 Å². The second kappa shape index (κ2) is 7.76. The molecule has 1 amide bonds. The minimum atomic E-state index is -0.675. The van der Waals surface area contributed by atoms with Crippen LogP contribution in [0.3, 0.4) is 0 Å². The van der Waals surface area contributed by atoms with Crippen LogP contribution >= 0.6 is 0 Å². The lowest BCUT2D eigenvalue weighted by atomic mass is 9.74. The molecule has 1 atom stereocenters. The zero-order valence-electron chi connectivity index (χ0n) is 15.9. The van der Waals surface area contributed by atoms with Crippen LogP contribution in [0.25, 0.3) is 0 Å². The van der Waals surface area contributed by atoms with E-state index >= 15 is 0 Å². The highest BCUT2D eigenvalue weighted by molar-refractivity contribution is 5.88. The number of para-hydroxylation sites is 1. The van der Waals surface area contributed by atoms with Crippen molar-refractivity contribution < 1.29 is 4.79 Å². The Morgan fingerprint density at radius 3 is 2.79 bits per heavy atom. The average molecular weight is 373 g/mol. The first-order chi connectivity index (χ1) is 13.6. The minimum Gasteiger partial charge on any atom is -0.351 e. The van der Waals surface area contributed by atoms with E-state index in [0.29, 0.717) is 12.5 Å². The average Bonchev–Trinajstić information content (AvgIpc) is 2.74. The molecule has 4 rings (SSSR count). The van der Waals surface area contributed by atoms with Crippen molar-refractivity contribution in [1.29, 1.82) is 0 Å². The molecule has 1 aliphatic rings. The molecule has 3 aromatic rings. The number of hydrogen-bond acceptors (Lipinski definition) is 5. The summed E-state index contributed by atoms with van der Waals surface area (Å²) >= 11 is 0. The molecule has 0 bridgehead atoms. The first kappa shape index (κ1) is 18.1. The molecule has 0 saturated carbocycles. The predicted molar refractivity (Wildman–Crippen MR) is 108 cm³/mol. The van der Waals surface area contributed by atoms with E-state index < -0.39 is 5.41 Å². The highest BCUT2D eigenvalue weighted by atomic mass is 16.2. The Morgan fingerprint density at radius 1 is 1.14 bits per heavy atom. The summed E-state index contributed by atoms with van der Waals surface area (Å²) in [6.07, 6.45) is 7.94. The molecule has 2 N–H and O–H groups in total. The van der Waals surface area contributed by atoms with E-state index in [0.717, 1.165) is 41.8 Å². The Kier molecular flexibility index (Phi) is 5.02. The summed E-state index contributed by atoms with van der Waals surface area (Å²) in [6, 6.07) is 13.6. The fourth-order valence-electron chi connectivity index (χ4n) is 3.63. The highest BCUT2D eigenvalue weighted by Crippen LogP contribution is 2.36. The number of fused-ring (bicyclic) bond motifs is 1. The number of carbonyl (C=O) groups excluding carboxylic acids is 1. The van der Waals surface area contributed by atoms with Gasteiger partial charge in [-0.15, -0.1) is 0 Å². The van der Waals surface area contributed by atoms with E-state index in [1.54, 1.807) is 12.4 Å². The molecule has 0 fully saturated rings. The molecule has 0 spiro atoms. The number of aryl methyl sites for hydroxylation is 1. The number of pyridine rings is 1. The first-order valence-corrected chi connectivity index (χ1v) is 9.51. The Balaban J connectivity index is 1.57. The van der Waals surface area contributed by atoms with Gasteiger partial charge in [0.05, 0.1) is 11.1 Å².